The Morgan fingerprint density at radius 2 is 2.14 bits per heavy atom. The fourth-order valence-corrected chi connectivity index (χ4v) is 2.49. The average molecular weight is 318 g/mol. The summed E-state index contributed by atoms with van der Waals surface area (Å²) in [4.78, 5) is 5.09. The molecular weight excluding hydrogens is 304 g/mol. The maximum atomic E-state index is 5.63. The zero-order chi connectivity index (χ0) is 15.4. The molecule has 0 aliphatic carbocycles. The highest BCUT2D eigenvalue weighted by Crippen LogP contribution is 2.37. The standard InChI is InChI=1S/C14H14N4O3S/c1-19-11-5-3-4-10(12(11)20-2)13-17-18-14(21-13)16-7-9-6-15-8-22-9/h3-6,8H,7H2,1-2H3,(H,16,18). The van der Waals surface area contributed by atoms with Gasteiger partial charge in [-0.2, -0.15) is 0 Å². The van der Waals surface area contributed by atoms with Gasteiger partial charge in [0, 0.05) is 11.1 Å². The Labute approximate surface area is 130 Å². The first kappa shape index (κ1) is 14.3. The lowest BCUT2D eigenvalue weighted by atomic mass is 10.2. The summed E-state index contributed by atoms with van der Waals surface area (Å²) in [5.74, 6) is 1.53. The molecule has 0 saturated heterocycles. The molecule has 0 radical (unpaired) electrons. The monoisotopic (exact) mass is 318 g/mol. The molecule has 0 saturated carbocycles. The number of ether oxygens (including phenoxy) is 2. The van der Waals surface area contributed by atoms with Crippen LogP contribution >= 0.6 is 11.3 Å². The molecule has 114 valence electrons. The maximum Gasteiger partial charge on any atom is 0.316 e. The third-order valence-corrected chi connectivity index (χ3v) is 3.74. The van der Waals surface area contributed by atoms with Crippen molar-refractivity contribution in [3.63, 3.8) is 0 Å². The van der Waals surface area contributed by atoms with Crippen LogP contribution in [0.2, 0.25) is 0 Å². The highest BCUT2D eigenvalue weighted by Gasteiger charge is 2.17. The molecule has 0 spiro atoms. The van der Waals surface area contributed by atoms with Crippen LogP contribution < -0.4 is 14.8 Å². The Morgan fingerprint density at radius 1 is 1.23 bits per heavy atom. The summed E-state index contributed by atoms with van der Waals surface area (Å²) in [6, 6.07) is 5.82. The summed E-state index contributed by atoms with van der Waals surface area (Å²) in [7, 11) is 3.15. The molecule has 1 aromatic carbocycles. The predicted molar refractivity (Wildman–Crippen MR) is 82.3 cm³/mol. The number of thiazole rings is 1. The normalized spacial score (nSPS) is 10.5. The molecule has 2 heterocycles. The van der Waals surface area contributed by atoms with Crippen molar-refractivity contribution < 1.29 is 13.9 Å². The second kappa shape index (κ2) is 6.44. The number of para-hydroxylation sites is 1. The SMILES string of the molecule is COc1cccc(-c2nnc(NCc3cncs3)o2)c1OC. The van der Waals surface area contributed by atoms with Gasteiger partial charge >= 0.3 is 6.01 Å². The Morgan fingerprint density at radius 3 is 2.86 bits per heavy atom. The van der Waals surface area contributed by atoms with Crippen LogP contribution in [0, 0.1) is 0 Å². The molecule has 2 aromatic heterocycles. The highest BCUT2D eigenvalue weighted by molar-refractivity contribution is 7.09. The summed E-state index contributed by atoms with van der Waals surface area (Å²) in [6.45, 7) is 0.585. The van der Waals surface area contributed by atoms with Gasteiger partial charge in [0.05, 0.1) is 31.8 Å². The van der Waals surface area contributed by atoms with E-state index >= 15 is 0 Å². The quantitative estimate of drug-likeness (QED) is 0.748. The summed E-state index contributed by atoms with van der Waals surface area (Å²) in [6.07, 6.45) is 1.79. The smallest absolute Gasteiger partial charge is 0.316 e. The minimum absolute atomic E-state index is 0.341. The molecule has 0 unspecified atom stereocenters. The van der Waals surface area contributed by atoms with Gasteiger partial charge in [-0.3, -0.25) is 4.98 Å². The number of nitrogens with one attached hydrogen (secondary N) is 1. The van der Waals surface area contributed by atoms with E-state index in [1.54, 1.807) is 37.3 Å². The van der Waals surface area contributed by atoms with Crippen LogP contribution in [0.15, 0.2) is 34.3 Å². The topological polar surface area (TPSA) is 82.3 Å². The van der Waals surface area contributed by atoms with E-state index in [0.717, 1.165) is 4.88 Å². The third-order valence-electron chi connectivity index (χ3n) is 2.96. The van der Waals surface area contributed by atoms with Gasteiger partial charge in [-0.15, -0.1) is 16.4 Å². The van der Waals surface area contributed by atoms with Gasteiger partial charge < -0.3 is 19.2 Å². The Kier molecular flexibility index (Phi) is 4.19. The predicted octanol–water partition coefficient (Wildman–Crippen LogP) is 2.82. The molecule has 0 atom stereocenters. The number of anilines is 1. The van der Waals surface area contributed by atoms with Gasteiger partial charge in [0.25, 0.3) is 5.89 Å². The van der Waals surface area contributed by atoms with Gasteiger partial charge in [-0.1, -0.05) is 11.2 Å². The van der Waals surface area contributed by atoms with Gasteiger partial charge in [0.1, 0.15) is 0 Å². The number of methoxy groups -OCH3 is 2. The lowest BCUT2D eigenvalue weighted by Crippen LogP contribution is -1.97. The van der Waals surface area contributed by atoms with Crippen LogP contribution in [0.25, 0.3) is 11.5 Å². The van der Waals surface area contributed by atoms with Crippen molar-refractivity contribution in [3.05, 3.63) is 34.8 Å². The average Bonchev–Trinajstić information content (AvgIpc) is 3.23. The summed E-state index contributed by atoms with van der Waals surface area (Å²) in [5.41, 5.74) is 2.46. The Hall–Kier alpha value is -2.61. The van der Waals surface area contributed by atoms with Gasteiger partial charge in [-0.05, 0) is 12.1 Å². The molecule has 0 fully saturated rings. The minimum atomic E-state index is 0.341. The summed E-state index contributed by atoms with van der Waals surface area (Å²) >= 11 is 1.56. The minimum Gasteiger partial charge on any atom is -0.493 e. The zero-order valence-corrected chi connectivity index (χ0v) is 12.9. The van der Waals surface area contributed by atoms with E-state index in [1.807, 2.05) is 18.2 Å². The van der Waals surface area contributed by atoms with E-state index < -0.39 is 0 Å². The first-order chi connectivity index (χ1) is 10.8. The number of benzene rings is 1. The van der Waals surface area contributed by atoms with Crippen molar-refractivity contribution in [2.75, 3.05) is 19.5 Å². The molecule has 0 amide bonds. The first-order valence-corrected chi connectivity index (χ1v) is 7.36. The Balaban J connectivity index is 1.81. The number of nitrogens with zero attached hydrogens (tertiary/aromatic N) is 3. The molecule has 7 nitrogen and oxygen atoms in total. The number of rotatable bonds is 6. The molecule has 1 N–H and O–H groups in total. The van der Waals surface area contributed by atoms with Gasteiger partial charge in [0.15, 0.2) is 11.5 Å². The number of aromatic nitrogens is 3. The molecule has 3 rings (SSSR count). The summed E-state index contributed by atoms with van der Waals surface area (Å²) < 4.78 is 16.3. The molecule has 0 bridgehead atoms. The van der Waals surface area contributed by atoms with Crippen LogP contribution in [0.5, 0.6) is 11.5 Å². The maximum absolute atomic E-state index is 5.63. The summed E-state index contributed by atoms with van der Waals surface area (Å²) in [5, 5.41) is 11.1. The van der Waals surface area contributed by atoms with Crippen molar-refractivity contribution >= 4 is 17.4 Å². The zero-order valence-electron chi connectivity index (χ0n) is 12.1. The van der Waals surface area contributed by atoms with Crippen molar-refractivity contribution in [2.45, 2.75) is 6.54 Å². The molecule has 3 aromatic rings. The largest absolute Gasteiger partial charge is 0.493 e. The van der Waals surface area contributed by atoms with E-state index in [9.17, 15) is 0 Å². The highest BCUT2D eigenvalue weighted by atomic mass is 32.1. The first-order valence-electron chi connectivity index (χ1n) is 6.48. The third kappa shape index (κ3) is 2.86. The van der Waals surface area contributed by atoms with Crippen molar-refractivity contribution in [2.24, 2.45) is 0 Å². The van der Waals surface area contributed by atoms with E-state index in [4.69, 9.17) is 13.9 Å². The van der Waals surface area contributed by atoms with Crippen molar-refractivity contribution in [1.82, 2.24) is 15.2 Å². The van der Waals surface area contributed by atoms with E-state index in [2.05, 4.69) is 20.5 Å². The van der Waals surface area contributed by atoms with Crippen molar-refractivity contribution in [3.8, 4) is 23.0 Å². The lowest BCUT2D eigenvalue weighted by Gasteiger charge is -2.09. The lowest BCUT2D eigenvalue weighted by molar-refractivity contribution is 0.355. The van der Waals surface area contributed by atoms with Gasteiger partial charge in [0.2, 0.25) is 0 Å². The second-order valence-electron chi connectivity index (χ2n) is 4.27. The second-order valence-corrected chi connectivity index (χ2v) is 5.25. The van der Waals surface area contributed by atoms with E-state index in [-0.39, 0.29) is 0 Å². The van der Waals surface area contributed by atoms with Crippen LogP contribution in [-0.2, 0) is 6.54 Å². The molecule has 0 aliphatic rings. The van der Waals surface area contributed by atoms with Crippen LogP contribution in [0.3, 0.4) is 0 Å². The Bertz CT molecular complexity index is 742. The van der Waals surface area contributed by atoms with Crippen molar-refractivity contribution in [1.29, 1.82) is 0 Å². The number of hydrogen-bond donors (Lipinski definition) is 1. The van der Waals surface area contributed by atoms with Gasteiger partial charge in [-0.25, -0.2) is 0 Å². The molecule has 0 aliphatic heterocycles. The molecule has 8 heteroatoms. The van der Waals surface area contributed by atoms with Crippen LogP contribution in [0.1, 0.15) is 4.88 Å². The fraction of sp³-hybridized carbons (Fsp3) is 0.214. The van der Waals surface area contributed by atoms with E-state index in [1.165, 1.54) is 0 Å². The molecule has 22 heavy (non-hydrogen) atoms. The fourth-order valence-electron chi connectivity index (χ4n) is 1.95. The van der Waals surface area contributed by atoms with Crippen LogP contribution in [-0.4, -0.2) is 29.4 Å². The number of hydrogen-bond acceptors (Lipinski definition) is 8. The van der Waals surface area contributed by atoms with Crippen LogP contribution in [0.4, 0.5) is 6.01 Å². The molecular formula is C14H14N4O3S. The van der Waals surface area contributed by atoms with E-state index in [0.29, 0.717) is 35.5 Å².